The Hall–Kier alpha value is -1.35. The lowest BCUT2D eigenvalue weighted by molar-refractivity contribution is -0.116. The first-order chi connectivity index (χ1) is 10.2. The molecule has 5 atom stereocenters. The Morgan fingerprint density at radius 3 is 2.73 bits per heavy atom. The minimum atomic E-state index is -0.598. The zero-order chi connectivity index (χ0) is 15.9. The fraction of sp³-hybridized carbons (Fsp3) is 0.632. The number of hydrogen-bond acceptors (Lipinski definition) is 3. The third kappa shape index (κ3) is 1.53. The van der Waals surface area contributed by atoms with Gasteiger partial charge in [0.2, 0.25) is 5.78 Å². The molecule has 3 nitrogen and oxygen atoms in total. The van der Waals surface area contributed by atoms with Crippen LogP contribution in [0.15, 0.2) is 35.1 Å². The SMILES string of the molecule is CC1=C2C(O)CC34C=CC(C)(CCC3C2(C)C=C(O)C1=O)C4. The summed E-state index contributed by atoms with van der Waals surface area (Å²) < 4.78 is 0. The first kappa shape index (κ1) is 14.3. The van der Waals surface area contributed by atoms with E-state index in [4.69, 9.17) is 0 Å². The van der Waals surface area contributed by atoms with E-state index >= 15 is 0 Å². The lowest BCUT2D eigenvalue weighted by atomic mass is 9.46. The third-order valence-corrected chi connectivity index (χ3v) is 6.87. The highest BCUT2D eigenvalue weighted by Crippen LogP contribution is 2.68. The first-order valence-electron chi connectivity index (χ1n) is 8.27. The summed E-state index contributed by atoms with van der Waals surface area (Å²) >= 11 is 0. The number of carbonyl (C=O) groups is 1. The zero-order valence-electron chi connectivity index (χ0n) is 13.5. The summed E-state index contributed by atoms with van der Waals surface area (Å²) in [6, 6.07) is 0. The van der Waals surface area contributed by atoms with Crippen molar-refractivity contribution in [2.24, 2.45) is 22.2 Å². The Kier molecular flexibility index (Phi) is 2.55. The quantitative estimate of drug-likeness (QED) is 0.674. The fourth-order valence-corrected chi connectivity index (χ4v) is 6.09. The molecule has 4 aliphatic rings. The predicted molar refractivity (Wildman–Crippen MR) is 84.2 cm³/mol. The molecule has 0 aromatic rings. The van der Waals surface area contributed by atoms with E-state index in [1.54, 1.807) is 13.0 Å². The molecule has 2 fully saturated rings. The van der Waals surface area contributed by atoms with E-state index in [1.807, 2.05) is 0 Å². The number of aliphatic hydroxyl groups is 2. The molecule has 0 heterocycles. The lowest BCUT2D eigenvalue weighted by Crippen LogP contribution is -2.53. The molecule has 0 aromatic heterocycles. The highest BCUT2D eigenvalue weighted by atomic mass is 16.3. The van der Waals surface area contributed by atoms with E-state index in [0.29, 0.717) is 17.9 Å². The highest BCUT2D eigenvalue weighted by Gasteiger charge is 2.61. The molecule has 3 heteroatoms. The number of Topliss-reactive ketones (excluding diaryl/α,β-unsaturated/α-hetero) is 1. The van der Waals surface area contributed by atoms with Crippen molar-refractivity contribution < 1.29 is 15.0 Å². The van der Waals surface area contributed by atoms with Crippen molar-refractivity contribution in [2.45, 2.75) is 52.6 Å². The molecule has 2 bridgehead atoms. The highest BCUT2D eigenvalue weighted by molar-refractivity contribution is 6.08. The van der Waals surface area contributed by atoms with Crippen molar-refractivity contribution >= 4 is 5.78 Å². The van der Waals surface area contributed by atoms with Gasteiger partial charge in [0.1, 0.15) is 0 Å². The number of fused-ring (bicyclic) bond motifs is 3. The van der Waals surface area contributed by atoms with Crippen LogP contribution in [0.5, 0.6) is 0 Å². The number of ketones is 1. The van der Waals surface area contributed by atoms with Crippen molar-refractivity contribution in [3.05, 3.63) is 35.1 Å². The van der Waals surface area contributed by atoms with Crippen LogP contribution < -0.4 is 0 Å². The van der Waals surface area contributed by atoms with Gasteiger partial charge in [0.25, 0.3) is 0 Å². The Balaban J connectivity index is 1.90. The van der Waals surface area contributed by atoms with E-state index in [9.17, 15) is 15.0 Å². The summed E-state index contributed by atoms with van der Waals surface area (Å²) in [7, 11) is 0. The second-order valence-electron chi connectivity index (χ2n) is 8.39. The van der Waals surface area contributed by atoms with Gasteiger partial charge in [-0.15, -0.1) is 0 Å². The van der Waals surface area contributed by atoms with Gasteiger partial charge in [0.05, 0.1) is 6.10 Å². The molecule has 4 rings (SSSR count). The lowest BCUT2D eigenvalue weighted by Gasteiger charge is -2.58. The molecule has 2 saturated carbocycles. The van der Waals surface area contributed by atoms with Crippen LogP contribution in [0, 0.1) is 22.2 Å². The van der Waals surface area contributed by atoms with E-state index in [2.05, 4.69) is 26.0 Å². The smallest absolute Gasteiger partial charge is 0.222 e. The maximum absolute atomic E-state index is 12.1. The molecule has 4 aliphatic carbocycles. The van der Waals surface area contributed by atoms with Crippen molar-refractivity contribution in [2.75, 3.05) is 0 Å². The fourth-order valence-electron chi connectivity index (χ4n) is 6.09. The Morgan fingerprint density at radius 1 is 1.27 bits per heavy atom. The zero-order valence-corrected chi connectivity index (χ0v) is 13.5. The molecule has 0 saturated heterocycles. The molecule has 22 heavy (non-hydrogen) atoms. The van der Waals surface area contributed by atoms with Crippen LogP contribution in [-0.4, -0.2) is 22.1 Å². The normalized spacial score (nSPS) is 49.8. The Bertz CT molecular complexity index is 670. The van der Waals surface area contributed by atoms with E-state index in [-0.39, 0.29) is 22.4 Å². The van der Waals surface area contributed by atoms with Gasteiger partial charge in [-0.05, 0) is 61.0 Å². The predicted octanol–water partition coefficient (Wildman–Crippen LogP) is 3.46. The van der Waals surface area contributed by atoms with Gasteiger partial charge in [-0.25, -0.2) is 0 Å². The monoisotopic (exact) mass is 300 g/mol. The van der Waals surface area contributed by atoms with Crippen LogP contribution >= 0.6 is 0 Å². The molecule has 0 radical (unpaired) electrons. The average Bonchev–Trinajstić information content (AvgIpc) is 2.66. The van der Waals surface area contributed by atoms with E-state index in [0.717, 1.165) is 24.8 Å². The van der Waals surface area contributed by atoms with Gasteiger partial charge in [0.15, 0.2) is 5.76 Å². The molecule has 2 N–H and O–H groups in total. The molecule has 0 aromatic carbocycles. The van der Waals surface area contributed by atoms with E-state index < -0.39 is 11.5 Å². The maximum Gasteiger partial charge on any atom is 0.222 e. The van der Waals surface area contributed by atoms with Crippen LogP contribution in [-0.2, 0) is 4.79 Å². The third-order valence-electron chi connectivity index (χ3n) is 6.87. The molecule has 0 aliphatic heterocycles. The van der Waals surface area contributed by atoms with Crippen molar-refractivity contribution in [1.29, 1.82) is 0 Å². The molecular weight excluding hydrogens is 276 g/mol. The minimum Gasteiger partial charge on any atom is -0.504 e. The number of aliphatic hydroxyl groups excluding tert-OH is 2. The summed E-state index contributed by atoms with van der Waals surface area (Å²) in [5, 5.41) is 21.0. The van der Waals surface area contributed by atoms with Crippen molar-refractivity contribution in [3.8, 4) is 0 Å². The van der Waals surface area contributed by atoms with Gasteiger partial charge in [-0.3, -0.25) is 4.79 Å². The molecule has 118 valence electrons. The van der Waals surface area contributed by atoms with Crippen molar-refractivity contribution in [3.63, 3.8) is 0 Å². The first-order valence-corrected chi connectivity index (χ1v) is 8.27. The summed E-state index contributed by atoms with van der Waals surface area (Å²) in [6.45, 7) is 6.15. The van der Waals surface area contributed by atoms with Crippen LogP contribution in [0.3, 0.4) is 0 Å². The van der Waals surface area contributed by atoms with Crippen LogP contribution in [0.2, 0.25) is 0 Å². The van der Waals surface area contributed by atoms with Crippen LogP contribution in [0.4, 0.5) is 0 Å². The minimum absolute atomic E-state index is 0.00210. The van der Waals surface area contributed by atoms with E-state index in [1.165, 1.54) is 0 Å². The maximum atomic E-state index is 12.1. The van der Waals surface area contributed by atoms with Gasteiger partial charge in [0, 0.05) is 11.0 Å². The van der Waals surface area contributed by atoms with Gasteiger partial charge in [-0.1, -0.05) is 26.0 Å². The second-order valence-corrected chi connectivity index (χ2v) is 8.39. The van der Waals surface area contributed by atoms with Gasteiger partial charge >= 0.3 is 0 Å². The topological polar surface area (TPSA) is 57.5 Å². The molecule has 5 unspecified atom stereocenters. The number of rotatable bonds is 0. The largest absolute Gasteiger partial charge is 0.504 e. The number of allylic oxidation sites excluding steroid dienone is 4. The average molecular weight is 300 g/mol. The Labute approximate surface area is 131 Å². The number of hydrogen-bond donors (Lipinski definition) is 2. The van der Waals surface area contributed by atoms with Gasteiger partial charge in [-0.2, -0.15) is 0 Å². The number of carbonyl (C=O) groups excluding carboxylic acids is 1. The second kappa shape index (κ2) is 3.94. The van der Waals surface area contributed by atoms with Gasteiger partial charge < -0.3 is 10.2 Å². The summed E-state index contributed by atoms with van der Waals surface area (Å²) in [5.74, 6) is -0.135. The van der Waals surface area contributed by atoms with Crippen LogP contribution in [0.25, 0.3) is 0 Å². The molecule has 1 spiro atoms. The standard InChI is InChI=1S/C19H24O3/c1-11-15-12(20)9-19-7-6-17(2,10-19)5-4-14(19)18(15,3)8-13(21)16(11)22/h6-8,12,14,20-21H,4-5,9-10H2,1-3H3. The summed E-state index contributed by atoms with van der Waals surface area (Å²) in [5.41, 5.74) is 1.21. The summed E-state index contributed by atoms with van der Waals surface area (Å²) in [4.78, 5) is 12.1. The molecule has 0 amide bonds. The summed E-state index contributed by atoms with van der Waals surface area (Å²) in [6.07, 6.45) is 9.77. The molecular formula is C19H24O3. The van der Waals surface area contributed by atoms with Crippen LogP contribution in [0.1, 0.15) is 46.5 Å². The van der Waals surface area contributed by atoms with Crippen molar-refractivity contribution in [1.82, 2.24) is 0 Å². The Morgan fingerprint density at radius 2 is 2.00 bits per heavy atom.